The molecule has 1 amide bonds. The highest BCUT2D eigenvalue weighted by molar-refractivity contribution is 5.47. The molecule has 9 heteroatoms. The van der Waals surface area contributed by atoms with Crippen LogP contribution in [0.4, 0.5) is 11.6 Å². The predicted molar refractivity (Wildman–Crippen MR) is 119 cm³/mol. The number of aryl methyl sites for hydroxylation is 1. The van der Waals surface area contributed by atoms with Gasteiger partial charge in [0.15, 0.2) is 0 Å². The van der Waals surface area contributed by atoms with Crippen molar-refractivity contribution in [2.75, 3.05) is 44.4 Å². The number of hydrogen-bond donors (Lipinski definition) is 5. The van der Waals surface area contributed by atoms with E-state index in [1.54, 1.807) is 11.1 Å². The van der Waals surface area contributed by atoms with Crippen LogP contribution in [0.25, 0.3) is 0 Å². The lowest BCUT2D eigenvalue weighted by Crippen LogP contribution is -2.21. The van der Waals surface area contributed by atoms with E-state index in [9.17, 15) is 4.79 Å². The fourth-order valence-electron chi connectivity index (χ4n) is 2.09. The number of nitrogens with two attached hydrogens (primary N) is 1. The molecule has 1 aliphatic heterocycles. The van der Waals surface area contributed by atoms with E-state index in [-0.39, 0.29) is 0 Å². The van der Waals surface area contributed by atoms with E-state index in [1.807, 2.05) is 60.8 Å². The van der Waals surface area contributed by atoms with Gasteiger partial charge in [-0.25, -0.2) is 0 Å². The van der Waals surface area contributed by atoms with Crippen molar-refractivity contribution >= 4 is 18.0 Å². The van der Waals surface area contributed by atoms with E-state index in [2.05, 4.69) is 31.0 Å². The summed E-state index contributed by atoms with van der Waals surface area (Å²) >= 11 is 0. The Balaban J connectivity index is 0. The van der Waals surface area contributed by atoms with E-state index in [0.717, 1.165) is 43.3 Å². The van der Waals surface area contributed by atoms with Gasteiger partial charge in [-0.05, 0) is 31.9 Å². The monoisotopic (exact) mass is 396 g/mol. The lowest BCUT2D eigenvalue weighted by molar-refractivity contribution is -0.117. The normalized spacial score (nSPS) is 13.9. The summed E-state index contributed by atoms with van der Waals surface area (Å²) in [6, 6.07) is 3.81. The molecule has 3 heterocycles. The maximum Gasteiger partial charge on any atom is 0.209 e. The summed E-state index contributed by atoms with van der Waals surface area (Å²) in [7, 11) is 3.68. The first kappa shape index (κ1) is 27.7. The number of aromatic amines is 2. The van der Waals surface area contributed by atoms with Gasteiger partial charge in [0.1, 0.15) is 11.6 Å². The summed E-state index contributed by atoms with van der Waals surface area (Å²) < 4.78 is 0. The molecular weight excluding hydrogens is 356 g/mol. The molecule has 6 N–H and O–H groups in total. The number of nitrogens with zero attached hydrogens (tertiary/aromatic N) is 3. The molecule has 1 aliphatic rings. The van der Waals surface area contributed by atoms with Crippen molar-refractivity contribution in [3.63, 3.8) is 0 Å². The van der Waals surface area contributed by atoms with Crippen LogP contribution in [-0.2, 0) is 4.79 Å². The Hall–Kier alpha value is -2.55. The zero-order valence-corrected chi connectivity index (χ0v) is 18.5. The van der Waals surface area contributed by atoms with Gasteiger partial charge in [0.2, 0.25) is 6.41 Å². The highest BCUT2D eigenvalue weighted by Gasteiger charge is 2.18. The largest absolute Gasteiger partial charge is 0.374 e. The van der Waals surface area contributed by atoms with Crippen LogP contribution in [0.3, 0.4) is 0 Å². The third kappa shape index (κ3) is 12.7. The van der Waals surface area contributed by atoms with Crippen molar-refractivity contribution in [1.82, 2.24) is 25.3 Å². The van der Waals surface area contributed by atoms with Crippen LogP contribution in [0, 0.1) is 12.8 Å². The topological polar surface area (TPSA) is 128 Å². The van der Waals surface area contributed by atoms with E-state index in [1.165, 1.54) is 0 Å². The molecule has 0 bridgehead atoms. The summed E-state index contributed by atoms with van der Waals surface area (Å²) in [5.74, 6) is 2.39. The number of carbonyl (C=O) groups excluding carboxylic acids is 1. The van der Waals surface area contributed by atoms with Crippen LogP contribution in [0.2, 0.25) is 0 Å². The van der Waals surface area contributed by atoms with Crippen LogP contribution in [0.1, 0.15) is 39.8 Å². The molecule has 162 valence electrons. The SMILES string of the molecule is CC.CC.CNc1cc(C)[nH]n1.CNc1ccn[nH]1.NCC1CCN(C=O)C1. The van der Waals surface area contributed by atoms with Gasteiger partial charge in [-0.3, -0.25) is 15.0 Å². The van der Waals surface area contributed by atoms with Gasteiger partial charge in [0.25, 0.3) is 0 Å². The number of H-pyrrole nitrogens is 2. The van der Waals surface area contributed by atoms with Crippen LogP contribution in [-0.4, -0.2) is 65.4 Å². The lowest BCUT2D eigenvalue weighted by atomic mass is 10.1. The van der Waals surface area contributed by atoms with Gasteiger partial charge in [-0.2, -0.15) is 10.2 Å². The van der Waals surface area contributed by atoms with Crippen molar-refractivity contribution in [1.29, 1.82) is 0 Å². The summed E-state index contributed by atoms with van der Waals surface area (Å²) in [5, 5.41) is 18.9. The number of nitrogens with one attached hydrogen (secondary N) is 4. The molecule has 0 aliphatic carbocycles. The second-order valence-electron chi connectivity index (χ2n) is 5.40. The average Bonchev–Trinajstić information content (AvgIpc) is 3.53. The Morgan fingerprint density at radius 2 is 1.93 bits per heavy atom. The predicted octanol–water partition coefficient (Wildman–Crippen LogP) is 2.69. The van der Waals surface area contributed by atoms with Crippen LogP contribution < -0.4 is 16.4 Å². The Labute approximate surface area is 169 Å². The number of hydrogen-bond acceptors (Lipinski definition) is 6. The number of aromatic nitrogens is 4. The van der Waals surface area contributed by atoms with E-state index < -0.39 is 0 Å². The number of carbonyl (C=O) groups is 1. The molecule has 28 heavy (non-hydrogen) atoms. The third-order valence-corrected chi connectivity index (χ3v) is 3.53. The second kappa shape index (κ2) is 19.2. The van der Waals surface area contributed by atoms with Crippen molar-refractivity contribution in [3.8, 4) is 0 Å². The van der Waals surface area contributed by atoms with Gasteiger partial charge in [0.05, 0.1) is 6.20 Å². The van der Waals surface area contributed by atoms with E-state index >= 15 is 0 Å². The van der Waals surface area contributed by atoms with E-state index in [4.69, 9.17) is 5.73 Å². The average molecular weight is 397 g/mol. The molecule has 9 nitrogen and oxygen atoms in total. The molecule has 3 rings (SSSR count). The smallest absolute Gasteiger partial charge is 0.209 e. The van der Waals surface area contributed by atoms with Crippen molar-refractivity contribution < 1.29 is 4.79 Å². The standard InChI is InChI=1S/C6H12N2O.C5H9N3.C4H7N3.2C2H6/c7-3-6-1-2-8(4-6)5-9;1-4-3-5(6-2)8-7-4;1-5-4-2-3-6-7-4;2*1-2/h5-6H,1-4,7H2;3H,1-2H3,(H2,6,7,8);2-3H,1H3,(H2,5,6,7);2*1-2H3. The van der Waals surface area contributed by atoms with E-state index in [0.29, 0.717) is 12.5 Å². The van der Waals surface area contributed by atoms with Gasteiger partial charge in [-0.1, -0.05) is 27.7 Å². The third-order valence-electron chi connectivity index (χ3n) is 3.53. The fraction of sp³-hybridized carbons (Fsp3) is 0.632. The zero-order chi connectivity index (χ0) is 21.8. The fourth-order valence-corrected chi connectivity index (χ4v) is 2.09. The maximum atomic E-state index is 10.2. The number of anilines is 2. The zero-order valence-electron chi connectivity index (χ0n) is 18.5. The van der Waals surface area contributed by atoms with Crippen molar-refractivity contribution in [2.45, 2.75) is 41.0 Å². The first-order chi connectivity index (χ1) is 13.6. The molecule has 1 atom stereocenters. The molecule has 2 aromatic rings. The Morgan fingerprint density at radius 1 is 1.25 bits per heavy atom. The molecule has 1 saturated heterocycles. The molecule has 0 spiro atoms. The highest BCUT2D eigenvalue weighted by atomic mass is 16.1. The number of amides is 1. The summed E-state index contributed by atoms with van der Waals surface area (Å²) in [6.07, 6.45) is 3.68. The van der Waals surface area contributed by atoms with Crippen LogP contribution in [0.15, 0.2) is 18.3 Å². The summed E-state index contributed by atoms with van der Waals surface area (Å²) in [5.41, 5.74) is 6.49. The molecule has 1 unspecified atom stereocenters. The number of likely N-dealkylation sites (tertiary alicyclic amines) is 1. The maximum absolute atomic E-state index is 10.2. The number of rotatable bonds is 4. The Bertz CT molecular complexity index is 556. The summed E-state index contributed by atoms with van der Waals surface area (Å²) in [6.45, 7) is 12.4. The quantitative estimate of drug-likeness (QED) is 0.506. The van der Waals surface area contributed by atoms with Crippen LogP contribution >= 0.6 is 0 Å². The second-order valence-corrected chi connectivity index (χ2v) is 5.40. The van der Waals surface area contributed by atoms with Gasteiger partial charge in [-0.15, -0.1) is 0 Å². The first-order valence-electron chi connectivity index (χ1n) is 9.89. The Kier molecular flexibility index (Phi) is 19.0. The Morgan fingerprint density at radius 3 is 2.18 bits per heavy atom. The molecular formula is C19H40N8O. The molecule has 2 aromatic heterocycles. The molecule has 0 radical (unpaired) electrons. The molecule has 0 aromatic carbocycles. The van der Waals surface area contributed by atoms with Crippen molar-refractivity contribution in [3.05, 3.63) is 24.0 Å². The lowest BCUT2D eigenvalue weighted by Gasteiger charge is -2.06. The molecule has 0 saturated carbocycles. The highest BCUT2D eigenvalue weighted by Crippen LogP contribution is 2.11. The first-order valence-corrected chi connectivity index (χ1v) is 9.89. The molecule has 1 fully saturated rings. The summed E-state index contributed by atoms with van der Waals surface area (Å²) in [4.78, 5) is 11.9. The minimum Gasteiger partial charge on any atom is -0.374 e. The van der Waals surface area contributed by atoms with Crippen molar-refractivity contribution in [2.24, 2.45) is 11.7 Å². The minimum atomic E-state index is 0.551. The van der Waals surface area contributed by atoms with Gasteiger partial charge >= 0.3 is 0 Å². The minimum absolute atomic E-state index is 0.551. The van der Waals surface area contributed by atoms with Crippen LogP contribution in [0.5, 0.6) is 0 Å². The van der Waals surface area contributed by atoms with Gasteiger partial charge in [0, 0.05) is 38.9 Å². The van der Waals surface area contributed by atoms with Gasteiger partial charge < -0.3 is 21.3 Å².